The molecule has 3 rings (SSSR count). The summed E-state index contributed by atoms with van der Waals surface area (Å²) in [5.41, 5.74) is -0.544. The molecule has 5 heteroatoms. The smallest absolute Gasteiger partial charge is 0.166 e. The van der Waals surface area contributed by atoms with Gasteiger partial charge < -0.3 is 0 Å². The average Bonchev–Trinajstić information content (AvgIpc) is 2.68. The Balaban J connectivity index is 2.50. The molecule has 0 bridgehead atoms. The van der Waals surface area contributed by atoms with Crippen molar-refractivity contribution in [3.8, 4) is 0 Å². The SMILES string of the molecule is FC(F)(F)c1cccc2c1sc1c(I)cccc12. The molecule has 0 spiro atoms. The maximum Gasteiger partial charge on any atom is 0.417 e. The molecule has 1 aromatic heterocycles. The van der Waals surface area contributed by atoms with Crippen molar-refractivity contribution in [1.29, 1.82) is 0 Å². The van der Waals surface area contributed by atoms with Gasteiger partial charge in [0.2, 0.25) is 0 Å². The van der Waals surface area contributed by atoms with Gasteiger partial charge in [0.1, 0.15) is 0 Å². The minimum atomic E-state index is -4.30. The van der Waals surface area contributed by atoms with E-state index in [4.69, 9.17) is 0 Å². The van der Waals surface area contributed by atoms with E-state index in [-0.39, 0.29) is 0 Å². The fourth-order valence-electron chi connectivity index (χ4n) is 2.01. The number of hydrogen-bond donors (Lipinski definition) is 0. The second-order valence-electron chi connectivity index (χ2n) is 3.90. The molecule has 1 heterocycles. The average molecular weight is 378 g/mol. The Morgan fingerprint density at radius 2 is 1.50 bits per heavy atom. The fraction of sp³-hybridized carbons (Fsp3) is 0.0769. The summed E-state index contributed by atoms with van der Waals surface area (Å²) in [5.74, 6) is 0. The first-order valence-corrected chi connectivity index (χ1v) is 7.05. The second kappa shape index (κ2) is 4.09. The molecular formula is C13H6F3IS. The summed E-state index contributed by atoms with van der Waals surface area (Å²) in [6.07, 6.45) is -4.30. The summed E-state index contributed by atoms with van der Waals surface area (Å²) in [5, 5.41) is 1.58. The summed E-state index contributed by atoms with van der Waals surface area (Å²) in [7, 11) is 0. The largest absolute Gasteiger partial charge is 0.417 e. The molecule has 0 atom stereocenters. The summed E-state index contributed by atoms with van der Waals surface area (Å²) >= 11 is 3.37. The van der Waals surface area contributed by atoms with Crippen molar-refractivity contribution < 1.29 is 13.2 Å². The zero-order valence-corrected chi connectivity index (χ0v) is 11.9. The first-order chi connectivity index (χ1) is 8.48. The Kier molecular flexibility index (Phi) is 2.78. The van der Waals surface area contributed by atoms with Gasteiger partial charge in [-0.15, -0.1) is 11.3 Å². The molecule has 0 N–H and O–H groups in total. The van der Waals surface area contributed by atoms with Crippen molar-refractivity contribution in [3.63, 3.8) is 0 Å². The van der Waals surface area contributed by atoms with Crippen LogP contribution in [0.2, 0.25) is 0 Å². The van der Waals surface area contributed by atoms with Gasteiger partial charge in [-0.3, -0.25) is 0 Å². The Hall–Kier alpha value is -0.820. The Morgan fingerprint density at radius 3 is 2.17 bits per heavy atom. The van der Waals surface area contributed by atoms with Crippen LogP contribution in [0.15, 0.2) is 36.4 Å². The van der Waals surface area contributed by atoms with E-state index in [0.717, 1.165) is 19.7 Å². The molecule has 0 unspecified atom stereocenters. The van der Waals surface area contributed by atoms with E-state index in [1.807, 2.05) is 18.2 Å². The minimum Gasteiger partial charge on any atom is -0.166 e. The van der Waals surface area contributed by atoms with Crippen molar-refractivity contribution in [3.05, 3.63) is 45.5 Å². The minimum absolute atomic E-state index is 0.323. The van der Waals surface area contributed by atoms with E-state index in [9.17, 15) is 13.2 Å². The standard InChI is InChI=1S/C13H6F3IS/c14-13(15,16)9-5-1-3-7-8-4-2-6-10(17)12(8)18-11(7)9/h1-6H. The molecule has 3 aromatic rings. The quantitative estimate of drug-likeness (QED) is 0.442. The summed E-state index contributed by atoms with van der Waals surface area (Å²) in [6, 6.07) is 10.0. The molecule has 0 radical (unpaired) electrons. The number of alkyl halides is 3. The zero-order chi connectivity index (χ0) is 12.9. The van der Waals surface area contributed by atoms with Gasteiger partial charge in [0.15, 0.2) is 0 Å². The third-order valence-electron chi connectivity index (χ3n) is 2.78. The first-order valence-electron chi connectivity index (χ1n) is 5.15. The van der Waals surface area contributed by atoms with E-state index in [1.54, 1.807) is 6.07 Å². The van der Waals surface area contributed by atoms with Crippen LogP contribution in [0.1, 0.15) is 5.56 Å². The molecule has 92 valence electrons. The molecular weight excluding hydrogens is 372 g/mol. The molecule has 0 fully saturated rings. The maximum absolute atomic E-state index is 13.0. The lowest BCUT2D eigenvalue weighted by molar-refractivity contribution is -0.136. The summed E-state index contributed by atoms with van der Waals surface area (Å²) in [4.78, 5) is 0. The van der Waals surface area contributed by atoms with Gasteiger partial charge in [0.25, 0.3) is 0 Å². The highest BCUT2D eigenvalue weighted by Crippen LogP contribution is 2.43. The number of thiophene rings is 1. The third-order valence-corrected chi connectivity index (χ3v) is 5.33. The molecule has 0 aliphatic carbocycles. The van der Waals surface area contributed by atoms with Gasteiger partial charge in [-0.25, -0.2) is 0 Å². The topological polar surface area (TPSA) is 0 Å². The highest BCUT2D eigenvalue weighted by atomic mass is 127. The lowest BCUT2D eigenvalue weighted by Crippen LogP contribution is -2.04. The lowest BCUT2D eigenvalue weighted by atomic mass is 10.1. The van der Waals surface area contributed by atoms with Gasteiger partial charge in [-0.05, 0) is 34.7 Å². The van der Waals surface area contributed by atoms with Crippen LogP contribution in [-0.4, -0.2) is 0 Å². The molecule has 2 aromatic carbocycles. The number of fused-ring (bicyclic) bond motifs is 3. The van der Waals surface area contributed by atoms with E-state index in [2.05, 4.69) is 22.6 Å². The van der Waals surface area contributed by atoms with Gasteiger partial charge in [-0.2, -0.15) is 13.2 Å². The molecule has 0 saturated carbocycles. The number of hydrogen-bond acceptors (Lipinski definition) is 1. The van der Waals surface area contributed by atoms with Crippen molar-refractivity contribution >= 4 is 54.1 Å². The lowest BCUT2D eigenvalue weighted by Gasteiger charge is -2.06. The molecule has 0 aliphatic rings. The predicted octanol–water partition coefficient (Wildman–Crippen LogP) is 5.68. The Labute approximate surface area is 119 Å². The van der Waals surface area contributed by atoms with Crippen LogP contribution < -0.4 is 0 Å². The van der Waals surface area contributed by atoms with Crippen LogP contribution in [0.25, 0.3) is 20.2 Å². The first kappa shape index (κ1) is 12.2. The van der Waals surface area contributed by atoms with Crippen LogP contribution in [-0.2, 0) is 6.18 Å². The Morgan fingerprint density at radius 1 is 0.889 bits per heavy atom. The Bertz CT molecular complexity index is 743. The number of rotatable bonds is 0. The molecule has 0 amide bonds. The van der Waals surface area contributed by atoms with Crippen molar-refractivity contribution in [2.45, 2.75) is 6.18 Å². The number of benzene rings is 2. The maximum atomic E-state index is 13.0. The fourth-order valence-corrected chi connectivity index (χ4v) is 4.08. The summed E-state index contributed by atoms with van der Waals surface area (Å²) < 4.78 is 41.1. The highest BCUT2D eigenvalue weighted by Gasteiger charge is 2.33. The molecule has 0 nitrogen and oxygen atoms in total. The van der Waals surface area contributed by atoms with Gasteiger partial charge in [0, 0.05) is 23.7 Å². The molecule has 18 heavy (non-hydrogen) atoms. The van der Waals surface area contributed by atoms with E-state index in [1.165, 1.54) is 17.4 Å². The normalized spacial score (nSPS) is 12.4. The highest BCUT2D eigenvalue weighted by molar-refractivity contribution is 14.1. The second-order valence-corrected chi connectivity index (χ2v) is 6.08. The van der Waals surface area contributed by atoms with E-state index < -0.39 is 11.7 Å². The van der Waals surface area contributed by atoms with Crippen molar-refractivity contribution in [1.82, 2.24) is 0 Å². The molecule has 0 aliphatic heterocycles. The van der Waals surface area contributed by atoms with Crippen molar-refractivity contribution in [2.75, 3.05) is 0 Å². The monoisotopic (exact) mass is 378 g/mol. The van der Waals surface area contributed by atoms with Crippen molar-refractivity contribution in [2.24, 2.45) is 0 Å². The zero-order valence-electron chi connectivity index (χ0n) is 8.88. The van der Waals surface area contributed by atoms with Crippen LogP contribution >= 0.6 is 33.9 Å². The number of halogens is 4. The van der Waals surface area contributed by atoms with Gasteiger partial charge in [-0.1, -0.05) is 24.3 Å². The van der Waals surface area contributed by atoms with E-state index in [0.29, 0.717) is 10.1 Å². The third kappa shape index (κ3) is 1.80. The molecule has 0 saturated heterocycles. The van der Waals surface area contributed by atoms with Gasteiger partial charge in [0.05, 0.1) is 5.56 Å². The summed E-state index contributed by atoms with van der Waals surface area (Å²) in [6.45, 7) is 0. The van der Waals surface area contributed by atoms with Crippen LogP contribution in [0, 0.1) is 3.57 Å². The van der Waals surface area contributed by atoms with Crippen LogP contribution in [0.4, 0.5) is 13.2 Å². The van der Waals surface area contributed by atoms with Crippen LogP contribution in [0.3, 0.4) is 0 Å². The van der Waals surface area contributed by atoms with E-state index >= 15 is 0 Å². The van der Waals surface area contributed by atoms with Gasteiger partial charge >= 0.3 is 6.18 Å². The predicted molar refractivity (Wildman–Crippen MR) is 77.1 cm³/mol. The van der Waals surface area contributed by atoms with Crippen LogP contribution in [0.5, 0.6) is 0 Å².